The summed E-state index contributed by atoms with van der Waals surface area (Å²) in [7, 11) is 1.33. The van der Waals surface area contributed by atoms with E-state index in [1.165, 1.54) is 24.0 Å². The van der Waals surface area contributed by atoms with Gasteiger partial charge in [-0.3, -0.25) is 9.69 Å². The summed E-state index contributed by atoms with van der Waals surface area (Å²) in [6.07, 6.45) is 0. The number of carbonyl (C=O) groups is 2. The van der Waals surface area contributed by atoms with Crippen molar-refractivity contribution in [2.24, 2.45) is 0 Å². The first-order valence-electron chi connectivity index (χ1n) is 10.4. The van der Waals surface area contributed by atoms with Crippen LogP contribution in [0, 0.1) is 0 Å². The number of amides is 1. The molecule has 4 aromatic rings. The molecular weight excluding hydrogens is 420 g/mol. The molecule has 162 valence electrons. The van der Waals surface area contributed by atoms with Crippen LogP contribution in [0.15, 0.2) is 72.8 Å². The highest BCUT2D eigenvalue weighted by atomic mass is 32.1. The molecule has 0 aliphatic heterocycles. The third-order valence-corrected chi connectivity index (χ3v) is 6.32. The molecule has 1 amide bonds. The minimum atomic E-state index is -0.433. The van der Waals surface area contributed by atoms with Gasteiger partial charge in [0.05, 0.1) is 29.4 Å². The number of nitrogens with zero attached hydrogens (tertiary/aromatic N) is 2. The van der Waals surface area contributed by atoms with E-state index in [0.717, 1.165) is 15.8 Å². The maximum Gasteiger partial charge on any atom is 0.337 e. The number of hydrogen-bond acceptors (Lipinski definition) is 5. The van der Waals surface area contributed by atoms with Gasteiger partial charge >= 0.3 is 5.97 Å². The number of para-hydroxylation sites is 1. The smallest absolute Gasteiger partial charge is 0.337 e. The van der Waals surface area contributed by atoms with Gasteiger partial charge < -0.3 is 4.74 Å². The molecule has 0 unspecified atom stereocenters. The first-order chi connectivity index (χ1) is 15.5. The average Bonchev–Trinajstić information content (AvgIpc) is 3.26. The van der Waals surface area contributed by atoms with Crippen LogP contribution in [0.25, 0.3) is 10.2 Å². The lowest BCUT2D eigenvalue weighted by molar-refractivity contribution is 0.0600. The molecule has 0 saturated carbocycles. The summed E-state index contributed by atoms with van der Waals surface area (Å²) in [5.74, 6) is -0.272. The Morgan fingerprint density at radius 1 is 0.938 bits per heavy atom. The van der Waals surface area contributed by atoms with Crippen molar-refractivity contribution in [1.29, 1.82) is 0 Å². The molecule has 1 aromatic heterocycles. The molecule has 0 bridgehead atoms. The van der Waals surface area contributed by atoms with E-state index in [-0.39, 0.29) is 5.91 Å². The van der Waals surface area contributed by atoms with Gasteiger partial charge in [0.1, 0.15) is 0 Å². The third kappa shape index (κ3) is 4.41. The first-order valence-corrected chi connectivity index (χ1v) is 11.2. The van der Waals surface area contributed by atoms with E-state index >= 15 is 0 Å². The Morgan fingerprint density at radius 2 is 1.62 bits per heavy atom. The van der Waals surface area contributed by atoms with Crippen molar-refractivity contribution in [2.45, 2.75) is 26.3 Å². The first kappa shape index (κ1) is 21.7. The third-order valence-electron chi connectivity index (χ3n) is 5.27. The summed E-state index contributed by atoms with van der Waals surface area (Å²) in [4.78, 5) is 31.9. The topological polar surface area (TPSA) is 59.5 Å². The fourth-order valence-corrected chi connectivity index (χ4v) is 4.55. The maximum atomic E-state index is 13.6. The van der Waals surface area contributed by atoms with E-state index in [0.29, 0.717) is 28.7 Å². The second-order valence-corrected chi connectivity index (χ2v) is 8.80. The van der Waals surface area contributed by atoms with Gasteiger partial charge in [-0.25, -0.2) is 9.78 Å². The predicted octanol–water partition coefficient (Wildman–Crippen LogP) is 6.05. The van der Waals surface area contributed by atoms with Crippen molar-refractivity contribution in [3.63, 3.8) is 0 Å². The molecule has 0 radical (unpaired) electrons. The summed E-state index contributed by atoms with van der Waals surface area (Å²) in [5, 5.41) is 0.652. The fraction of sp³-hybridized carbons (Fsp3) is 0.192. The van der Waals surface area contributed by atoms with E-state index in [9.17, 15) is 9.59 Å². The van der Waals surface area contributed by atoms with Gasteiger partial charge in [-0.05, 0) is 47.4 Å². The molecule has 5 nitrogen and oxygen atoms in total. The van der Waals surface area contributed by atoms with E-state index in [4.69, 9.17) is 9.72 Å². The lowest BCUT2D eigenvalue weighted by Gasteiger charge is -2.20. The van der Waals surface area contributed by atoms with Crippen LogP contribution in [0.2, 0.25) is 0 Å². The van der Waals surface area contributed by atoms with Gasteiger partial charge in [0.2, 0.25) is 0 Å². The van der Waals surface area contributed by atoms with Crippen molar-refractivity contribution >= 4 is 38.6 Å². The number of fused-ring (bicyclic) bond motifs is 1. The molecule has 1 heterocycles. The monoisotopic (exact) mass is 444 g/mol. The van der Waals surface area contributed by atoms with Gasteiger partial charge in [0.15, 0.2) is 5.13 Å². The second kappa shape index (κ2) is 9.32. The van der Waals surface area contributed by atoms with Crippen LogP contribution in [0.4, 0.5) is 5.13 Å². The van der Waals surface area contributed by atoms with E-state index < -0.39 is 5.97 Å². The molecule has 3 aromatic carbocycles. The van der Waals surface area contributed by atoms with Gasteiger partial charge in [-0.1, -0.05) is 67.6 Å². The van der Waals surface area contributed by atoms with E-state index in [1.807, 2.05) is 42.5 Å². The number of carbonyl (C=O) groups excluding carboxylic acids is 2. The lowest BCUT2D eigenvalue weighted by Crippen LogP contribution is -2.30. The van der Waals surface area contributed by atoms with Gasteiger partial charge in [0, 0.05) is 5.56 Å². The number of anilines is 1. The summed E-state index contributed by atoms with van der Waals surface area (Å²) in [6.45, 7) is 4.68. The van der Waals surface area contributed by atoms with Crippen LogP contribution in [-0.4, -0.2) is 24.0 Å². The Bertz CT molecular complexity index is 1250. The normalized spacial score (nSPS) is 11.0. The van der Waals surface area contributed by atoms with E-state index in [1.54, 1.807) is 29.2 Å². The molecule has 32 heavy (non-hydrogen) atoms. The van der Waals surface area contributed by atoms with Crippen molar-refractivity contribution in [2.75, 3.05) is 12.0 Å². The fourth-order valence-electron chi connectivity index (χ4n) is 3.55. The maximum absolute atomic E-state index is 13.6. The number of aromatic nitrogens is 1. The molecular formula is C26H24N2O3S. The minimum absolute atomic E-state index is 0.171. The highest BCUT2D eigenvalue weighted by Gasteiger charge is 2.23. The largest absolute Gasteiger partial charge is 0.465 e. The highest BCUT2D eigenvalue weighted by molar-refractivity contribution is 7.22. The Hall–Kier alpha value is -3.51. The molecule has 0 atom stereocenters. The van der Waals surface area contributed by atoms with Crippen LogP contribution in [0.5, 0.6) is 0 Å². The molecule has 0 spiro atoms. The quantitative estimate of drug-likeness (QED) is 0.340. The predicted molar refractivity (Wildman–Crippen MR) is 128 cm³/mol. The van der Waals surface area contributed by atoms with Crippen LogP contribution in [-0.2, 0) is 11.3 Å². The molecule has 0 saturated heterocycles. The molecule has 0 fully saturated rings. The number of hydrogen-bond donors (Lipinski definition) is 0. The van der Waals surface area contributed by atoms with Crippen molar-refractivity contribution in [3.8, 4) is 0 Å². The number of thiazole rings is 1. The summed E-state index contributed by atoms with van der Waals surface area (Å²) in [6, 6.07) is 22.5. The summed E-state index contributed by atoms with van der Waals surface area (Å²) in [5.41, 5.74) is 4.00. The lowest BCUT2D eigenvalue weighted by atomic mass is 10.0. The van der Waals surface area contributed by atoms with Crippen LogP contribution in [0.1, 0.15) is 51.6 Å². The number of ether oxygens (including phenoxy) is 1. The molecule has 0 aliphatic carbocycles. The van der Waals surface area contributed by atoms with Gasteiger partial charge in [0.25, 0.3) is 5.91 Å². The number of benzene rings is 3. The zero-order valence-electron chi connectivity index (χ0n) is 18.2. The Morgan fingerprint density at radius 3 is 2.28 bits per heavy atom. The second-order valence-electron chi connectivity index (χ2n) is 7.79. The van der Waals surface area contributed by atoms with Crippen LogP contribution < -0.4 is 4.90 Å². The minimum Gasteiger partial charge on any atom is -0.465 e. The van der Waals surface area contributed by atoms with Crippen molar-refractivity contribution < 1.29 is 14.3 Å². The Balaban J connectivity index is 1.75. The van der Waals surface area contributed by atoms with Crippen molar-refractivity contribution in [1.82, 2.24) is 4.98 Å². The molecule has 0 N–H and O–H groups in total. The van der Waals surface area contributed by atoms with Crippen LogP contribution in [0.3, 0.4) is 0 Å². The number of methoxy groups -OCH3 is 1. The Kier molecular flexibility index (Phi) is 6.32. The summed E-state index contributed by atoms with van der Waals surface area (Å²) < 4.78 is 5.81. The Labute approximate surface area is 191 Å². The van der Waals surface area contributed by atoms with Gasteiger partial charge in [-0.2, -0.15) is 0 Å². The van der Waals surface area contributed by atoms with Crippen molar-refractivity contribution in [3.05, 3.63) is 95.1 Å². The zero-order chi connectivity index (χ0) is 22.7. The number of esters is 1. The van der Waals surface area contributed by atoms with Gasteiger partial charge in [-0.15, -0.1) is 0 Å². The number of rotatable bonds is 6. The highest BCUT2D eigenvalue weighted by Crippen LogP contribution is 2.34. The summed E-state index contributed by atoms with van der Waals surface area (Å²) >= 11 is 1.51. The standard InChI is InChI=1S/C26H24N2O3S/c1-17(2)21-10-7-11-22-23(21)27-26(32-22)28(16-18-8-5-4-6-9-18)24(29)19-12-14-20(15-13-19)25(30)31-3/h4-15,17H,16H2,1-3H3. The average molecular weight is 445 g/mol. The molecule has 0 aliphatic rings. The SMILES string of the molecule is COC(=O)c1ccc(C(=O)N(Cc2ccccc2)c2nc3c(C(C)C)cccc3s2)cc1. The zero-order valence-corrected chi connectivity index (χ0v) is 19.1. The molecule has 6 heteroatoms. The molecule has 4 rings (SSSR count). The van der Waals surface area contributed by atoms with E-state index in [2.05, 4.69) is 19.9 Å². The van der Waals surface area contributed by atoms with Crippen LogP contribution >= 0.6 is 11.3 Å².